The number of amides is 1. The second-order valence-corrected chi connectivity index (χ2v) is 3.87. The first kappa shape index (κ1) is 14.3. The molecule has 0 bridgehead atoms. The van der Waals surface area contributed by atoms with Gasteiger partial charge in [-0.1, -0.05) is 18.2 Å². The van der Waals surface area contributed by atoms with Gasteiger partial charge in [0.1, 0.15) is 19.0 Å². The molecule has 1 rings (SSSR count). The van der Waals surface area contributed by atoms with Gasteiger partial charge >= 0.3 is 6.09 Å². The smallest absolute Gasteiger partial charge is 0.409 e. The molecule has 100 valence electrons. The van der Waals surface area contributed by atoms with Gasteiger partial charge in [-0.15, -0.1) is 0 Å². The van der Waals surface area contributed by atoms with Crippen molar-refractivity contribution in [3.8, 4) is 5.75 Å². The highest BCUT2D eigenvalue weighted by atomic mass is 16.6. The maximum Gasteiger partial charge on any atom is 0.409 e. The van der Waals surface area contributed by atoms with Crippen LogP contribution in [0, 0.1) is 6.92 Å². The fourth-order valence-corrected chi connectivity index (χ4v) is 1.35. The van der Waals surface area contributed by atoms with Crippen LogP contribution in [0.25, 0.3) is 0 Å². The summed E-state index contributed by atoms with van der Waals surface area (Å²) in [6.07, 6.45) is -0.461. The first-order valence-electron chi connectivity index (χ1n) is 5.82. The van der Waals surface area contributed by atoms with Crippen molar-refractivity contribution in [2.45, 2.75) is 6.92 Å². The number of ether oxygens (including phenoxy) is 2. The molecule has 1 aromatic carbocycles. The number of rotatable bonds is 6. The average Bonchev–Trinajstić information content (AvgIpc) is 2.38. The fourth-order valence-electron chi connectivity index (χ4n) is 1.35. The monoisotopic (exact) mass is 253 g/mol. The van der Waals surface area contributed by atoms with E-state index >= 15 is 0 Å². The van der Waals surface area contributed by atoms with Crippen molar-refractivity contribution in [2.24, 2.45) is 0 Å². The fraction of sp³-hybridized carbons (Fsp3) is 0.462. The van der Waals surface area contributed by atoms with Crippen LogP contribution < -0.4 is 4.74 Å². The van der Waals surface area contributed by atoms with E-state index in [-0.39, 0.29) is 13.2 Å². The lowest BCUT2D eigenvalue weighted by atomic mass is 10.2. The number of carbonyl (C=O) groups is 1. The molecule has 1 amide bonds. The van der Waals surface area contributed by atoms with Gasteiger partial charge in [0.25, 0.3) is 0 Å². The largest absolute Gasteiger partial charge is 0.491 e. The molecule has 0 spiro atoms. The molecule has 5 nitrogen and oxygen atoms in total. The molecule has 0 atom stereocenters. The molecular formula is C13H19NO4. The molecule has 0 saturated carbocycles. The number of aliphatic hydroxyl groups is 1. The number of hydrogen-bond acceptors (Lipinski definition) is 4. The van der Waals surface area contributed by atoms with E-state index in [1.54, 1.807) is 7.05 Å². The number of hydrogen-bond donors (Lipinski definition) is 1. The Morgan fingerprint density at radius 3 is 2.72 bits per heavy atom. The highest BCUT2D eigenvalue weighted by molar-refractivity contribution is 5.67. The van der Waals surface area contributed by atoms with Gasteiger partial charge in [-0.2, -0.15) is 0 Å². The zero-order valence-electron chi connectivity index (χ0n) is 10.8. The van der Waals surface area contributed by atoms with Crippen LogP contribution in [0.15, 0.2) is 24.3 Å². The quantitative estimate of drug-likeness (QED) is 0.833. The van der Waals surface area contributed by atoms with Gasteiger partial charge in [0, 0.05) is 7.05 Å². The van der Waals surface area contributed by atoms with Crippen LogP contribution in [0.2, 0.25) is 0 Å². The minimum absolute atomic E-state index is 0.0157. The molecule has 0 radical (unpaired) electrons. The minimum atomic E-state index is -0.461. The molecule has 18 heavy (non-hydrogen) atoms. The number of nitrogens with zero attached hydrogens (tertiary/aromatic N) is 1. The van der Waals surface area contributed by atoms with Crippen LogP contribution in [-0.4, -0.2) is 49.5 Å². The molecular weight excluding hydrogens is 234 g/mol. The van der Waals surface area contributed by atoms with Crippen LogP contribution in [0.3, 0.4) is 0 Å². The number of benzene rings is 1. The van der Waals surface area contributed by atoms with Crippen molar-refractivity contribution in [3.05, 3.63) is 29.8 Å². The van der Waals surface area contributed by atoms with Gasteiger partial charge < -0.3 is 19.5 Å². The summed E-state index contributed by atoms with van der Waals surface area (Å²) in [5.74, 6) is 0.814. The Balaban J connectivity index is 2.29. The third-order valence-corrected chi connectivity index (χ3v) is 2.41. The Morgan fingerprint density at radius 1 is 1.33 bits per heavy atom. The normalized spacial score (nSPS) is 9.94. The van der Waals surface area contributed by atoms with Gasteiger partial charge in [0.2, 0.25) is 0 Å². The predicted molar refractivity (Wildman–Crippen MR) is 67.7 cm³/mol. The number of likely N-dealkylation sites (N-methyl/N-ethyl adjacent to an activating group) is 1. The zero-order valence-corrected chi connectivity index (χ0v) is 10.8. The van der Waals surface area contributed by atoms with E-state index in [1.165, 1.54) is 4.90 Å². The number of aliphatic hydroxyl groups excluding tert-OH is 1. The zero-order chi connectivity index (χ0) is 13.4. The number of carbonyl (C=O) groups excluding carboxylic acids is 1. The third kappa shape index (κ3) is 4.63. The summed E-state index contributed by atoms with van der Waals surface area (Å²) < 4.78 is 10.3. The van der Waals surface area contributed by atoms with Gasteiger partial charge in [-0.3, -0.25) is 0 Å². The van der Waals surface area contributed by atoms with Crippen LogP contribution in [0.1, 0.15) is 5.56 Å². The van der Waals surface area contributed by atoms with Crippen molar-refractivity contribution >= 4 is 6.09 Å². The van der Waals surface area contributed by atoms with Crippen molar-refractivity contribution in [2.75, 3.05) is 33.4 Å². The van der Waals surface area contributed by atoms with Crippen molar-refractivity contribution in [1.29, 1.82) is 0 Å². The molecule has 1 N–H and O–H groups in total. The number of aryl methyl sites for hydroxylation is 1. The topological polar surface area (TPSA) is 59.0 Å². The van der Waals surface area contributed by atoms with E-state index < -0.39 is 6.09 Å². The number of para-hydroxylation sites is 1. The van der Waals surface area contributed by atoms with Gasteiger partial charge in [-0.25, -0.2) is 4.79 Å². The van der Waals surface area contributed by atoms with Crippen LogP contribution in [0.4, 0.5) is 4.79 Å². The molecule has 0 aromatic heterocycles. The van der Waals surface area contributed by atoms with Crippen molar-refractivity contribution in [3.63, 3.8) is 0 Å². The highest BCUT2D eigenvalue weighted by Gasteiger charge is 2.09. The van der Waals surface area contributed by atoms with Crippen molar-refractivity contribution in [1.82, 2.24) is 4.90 Å². The van der Waals surface area contributed by atoms with Gasteiger partial charge in [-0.05, 0) is 18.6 Å². The second kappa shape index (κ2) is 7.55. The van der Waals surface area contributed by atoms with Gasteiger partial charge in [0.05, 0.1) is 13.2 Å². The SMILES string of the molecule is Cc1ccccc1OCCN(C)C(=O)OCCO. The van der Waals surface area contributed by atoms with Crippen LogP contribution in [-0.2, 0) is 4.74 Å². The molecule has 0 aliphatic carbocycles. The average molecular weight is 253 g/mol. The molecule has 1 aromatic rings. The lowest BCUT2D eigenvalue weighted by Gasteiger charge is -2.17. The highest BCUT2D eigenvalue weighted by Crippen LogP contribution is 2.15. The summed E-state index contributed by atoms with van der Waals surface area (Å²) in [5, 5.41) is 8.53. The van der Waals surface area contributed by atoms with Crippen LogP contribution >= 0.6 is 0 Å². The van der Waals surface area contributed by atoms with E-state index in [0.29, 0.717) is 13.2 Å². The molecule has 0 unspecified atom stereocenters. The van der Waals surface area contributed by atoms with E-state index in [4.69, 9.17) is 14.6 Å². The maximum atomic E-state index is 11.3. The standard InChI is InChI=1S/C13H19NO4/c1-11-5-3-4-6-12(11)17-9-7-14(2)13(16)18-10-8-15/h3-6,15H,7-10H2,1-2H3. The molecule has 5 heteroatoms. The van der Waals surface area contributed by atoms with E-state index in [2.05, 4.69) is 0 Å². The lowest BCUT2D eigenvalue weighted by molar-refractivity contribution is 0.0871. The summed E-state index contributed by atoms with van der Waals surface area (Å²) in [6, 6.07) is 7.70. The molecule has 0 heterocycles. The summed E-state index contributed by atoms with van der Waals surface area (Å²) in [7, 11) is 1.63. The molecule has 0 aliphatic rings. The second-order valence-electron chi connectivity index (χ2n) is 3.87. The third-order valence-electron chi connectivity index (χ3n) is 2.41. The maximum absolute atomic E-state index is 11.3. The molecule has 0 aliphatic heterocycles. The van der Waals surface area contributed by atoms with E-state index in [1.807, 2.05) is 31.2 Å². The summed E-state index contributed by atoms with van der Waals surface area (Å²) in [6.45, 7) is 2.64. The Morgan fingerprint density at radius 2 is 2.06 bits per heavy atom. The summed E-state index contributed by atoms with van der Waals surface area (Å²) in [4.78, 5) is 12.8. The minimum Gasteiger partial charge on any atom is -0.491 e. The van der Waals surface area contributed by atoms with E-state index in [0.717, 1.165) is 11.3 Å². The van der Waals surface area contributed by atoms with Crippen LogP contribution in [0.5, 0.6) is 5.75 Å². The van der Waals surface area contributed by atoms with Gasteiger partial charge in [0.15, 0.2) is 0 Å². The molecule has 0 saturated heterocycles. The Kier molecular flexibility index (Phi) is 6.00. The summed E-state index contributed by atoms with van der Waals surface area (Å²) >= 11 is 0. The molecule has 0 fully saturated rings. The Labute approximate surface area is 107 Å². The first-order valence-corrected chi connectivity index (χ1v) is 5.82. The summed E-state index contributed by atoms with van der Waals surface area (Å²) in [5.41, 5.74) is 1.06. The lowest BCUT2D eigenvalue weighted by Crippen LogP contribution is -2.32. The van der Waals surface area contributed by atoms with Crippen molar-refractivity contribution < 1.29 is 19.4 Å². The Bertz CT molecular complexity index is 381. The Hall–Kier alpha value is -1.75. The predicted octanol–water partition coefficient (Wildman–Crippen LogP) is 1.43. The van der Waals surface area contributed by atoms with E-state index in [9.17, 15) is 4.79 Å². The first-order chi connectivity index (χ1) is 8.65.